The summed E-state index contributed by atoms with van der Waals surface area (Å²) in [6, 6.07) is 14.0. The Hall–Kier alpha value is -4.71. The van der Waals surface area contributed by atoms with Gasteiger partial charge in [-0.2, -0.15) is 0 Å². The number of ether oxygens (including phenoxy) is 6. The molecule has 59 heavy (non-hydrogen) atoms. The number of hydrogen-bond acceptors (Lipinski definition) is 13. The van der Waals surface area contributed by atoms with Gasteiger partial charge in [0.1, 0.15) is 12.4 Å². The Kier molecular flexibility index (Phi) is 16.3. The van der Waals surface area contributed by atoms with Crippen molar-refractivity contribution in [2.75, 3.05) is 72.2 Å². The summed E-state index contributed by atoms with van der Waals surface area (Å²) < 4.78 is 33.8. The number of fused-ring (bicyclic) bond motifs is 1. The Morgan fingerprint density at radius 1 is 1.02 bits per heavy atom. The molecule has 0 aliphatic carbocycles. The summed E-state index contributed by atoms with van der Waals surface area (Å²) in [6.45, 7) is 14.6. The van der Waals surface area contributed by atoms with Crippen LogP contribution in [0, 0.1) is 20.9 Å². The van der Waals surface area contributed by atoms with E-state index in [1.807, 2.05) is 57.2 Å². The van der Waals surface area contributed by atoms with Crippen LogP contribution in [0.15, 0.2) is 42.5 Å². The largest absolute Gasteiger partial charge is 0.490 e. The maximum Gasteiger partial charge on any atom is 0.418 e. The molecule has 0 radical (unpaired) electrons. The first-order chi connectivity index (χ1) is 27.8. The Morgan fingerprint density at radius 3 is 2.32 bits per heavy atom. The average molecular weight is 831 g/mol. The number of carbonyl (C=O) groups is 3. The SMILES string of the molecule is COCCCN1CCOc2ccc(CO[C@H]3CN(C(=O)O)[C@](CC(C)(C)C(=O)N(C)C(=O)OC(C)O[N+](=O)[O-])(C(C)(C)C)C[C@@H]3c3ccc(COCCOC)cc3)cc21. The summed E-state index contributed by atoms with van der Waals surface area (Å²) in [5.41, 5.74) is 0.533. The van der Waals surface area contributed by atoms with Crippen molar-refractivity contribution < 1.29 is 57.8 Å². The van der Waals surface area contributed by atoms with Gasteiger partial charge in [-0.3, -0.25) is 19.4 Å². The minimum atomic E-state index is -1.56. The molecule has 0 spiro atoms. The van der Waals surface area contributed by atoms with E-state index in [1.165, 1.54) is 11.9 Å². The van der Waals surface area contributed by atoms with Crippen LogP contribution in [0.25, 0.3) is 0 Å². The molecule has 328 valence electrons. The van der Waals surface area contributed by atoms with E-state index in [4.69, 9.17) is 28.4 Å². The van der Waals surface area contributed by atoms with Crippen LogP contribution in [0.5, 0.6) is 5.75 Å². The minimum Gasteiger partial charge on any atom is -0.490 e. The van der Waals surface area contributed by atoms with Crippen molar-refractivity contribution in [2.45, 2.75) is 97.9 Å². The molecule has 17 nitrogen and oxygen atoms in total. The first-order valence-electron chi connectivity index (χ1n) is 19.9. The summed E-state index contributed by atoms with van der Waals surface area (Å²) >= 11 is 0. The number of carbonyl (C=O) groups excluding carboxylic acids is 2. The number of amides is 3. The van der Waals surface area contributed by atoms with Crippen molar-refractivity contribution in [1.29, 1.82) is 0 Å². The standard InChI is InChI=1S/C42H62N4O13/c1-29(59-46(51)52)58-39(50)43(7)37(47)41(5,6)28-42(40(2,3)4)24-33(32-14-11-30(12-15-32)26-55-22-21-54-9)36(25-45(42)38(48)49)57-27-31-13-16-35-34(23-31)44(18-20-56-35)17-10-19-53-8/h11-16,23,29,33,36H,10,17-22,24-28H2,1-9H3,(H,48,49)/t29?,33-,36+,42-/m1/s1. The zero-order valence-electron chi connectivity index (χ0n) is 35.9. The van der Waals surface area contributed by atoms with E-state index in [-0.39, 0.29) is 31.9 Å². The molecule has 1 unspecified atom stereocenters. The number of piperidine rings is 1. The van der Waals surface area contributed by atoms with Crippen LogP contribution in [-0.4, -0.2) is 123 Å². The molecule has 2 heterocycles. The van der Waals surface area contributed by atoms with E-state index in [1.54, 1.807) is 28.1 Å². The number of imide groups is 1. The van der Waals surface area contributed by atoms with Crippen LogP contribution in [-0.2, 0) is 46.5 Å². The second kappa shape index (κ2) is 20.5. The van der Waals surface area contributed by atoms with Gasteiger partial charge in [-0.1, -0.05) is 65.0 Å². The Bertz CT molecular complexity index is 1730. The lowest BCUT2D eigenvalue weighted by Gasteiger charge is -2.59. The van der Waals surface area contributed by atoms with Crippen molar-refractivity contribution in [3.05, 3.63) is 69.3 Å². The van der Waals surface area contributed by atoms with Gasteiger partial charge in [0.25, 0.3) is 5.09 Å². The van der Waals surface area contributed by atoms with E-state index in [2.05, 4.69) is 15.8 Å². The van der Waals surface area contributed by atoms with Gasteiger partial charge in [-0.05, 0) is 60.4 Å². The number of rotatable bonds is 19. The zero-order chi connectivity index (χ0) is 43.5. The number of carboxylic acid groups (broad SMARTS) is 1. The average Bonchev–Trinajstić information content (AvgIpc) is 3.17. The lowest BCUT2D eigenvalue weighted by atomic mass is 9.58. The van der Waals surface area contributed by atoms with E-state index in [9.17, 15) is 29.6 Å². The Balaban J connectivity index is 1.69. The molecule has 2 aromatic carbocycles. The first-order valence-corrected chi connectivity index (χ1v) is 19.9. The second-order valence-electron chi connectivity index (χ2n) is 16.8. The van der Waals surface area contributed by atoms with E-state index < -0.39 is 51.9 Å². The molecule has 2 aliphatic heterocycles. The quantitative estimate of drug-likeness (QED) is 0.0700. The van der Waals surface area contributed by atoms with Gasteiger partial charge in [0.2, 0.25) is 12.2 Å². The predicted octanol–water partition coefficient (Wildman–Crippen LogP) is 6.49. The molecule has 4 atom stereocenters. The molecule has 1 saturated heterocycles. The number of nitrogens with zero attached hydrogens (tertiary/aromatic N) is 4. The van der Waals surface area contributed by atoms with Crippen LogP contribution >= 0.6 is 0 Å². The number of methoxy groups -OCH3 is 2. The maximum absolute atomic E-state index is 14.1. The van der Waals surface area contributed by atoms with Gasteiger partial charge in [0, 0.05) is 45.8 Å². The molecular weight excluding hydrogens is 768 g/mol. The number of anilines is 1. The summed E-state index contributed by atoms with van der Waals surface area (Å²) in [5.74, 6) is -0.194. The van der Waals surface area contributed by atoms with Gasteiger partial charge in [-0.15, -0.1) is 10.1 Å². The highest BCUT2D eigenvalue weighted by atomic mass is 17.0. The fourth-order valence-corrected chi connectivity index (χ4v) is 8.14. The highest BCUT2D eigenvalue weighted by molar-refractivity contribution is 5.94. The molecule has 0 bridgehead atoms. The summed E-state index contributed by atoms with van der Waals surface area (Å²) in [7, 11) is 4.51. The van der Waals surface area contributed by atoms with E-state index >= 15 is 0 Å². The molecule has 2 aliphatic rings. The fraction of sp³-hybridized carbons (Fsp3) is 0.643. The lowest BCUT2D eigenvalue weighted by Crippen LogP contribution is -2.67. The number of likely N-dealkylation sites (tertiary alicyclic amines) is 1. The van der Waals surface area contributed by atoms with Crippen LogP contribution in [0.4, 0.5) is 15.3 Å². The molecule has 2 aromatic rings. The topological polar surface area (TPSA) is 189 Å². The van der Waals surface area contributed by atoms with Crippen molar-refractivity contribution in [1.82, 2.24) is 9.80 Å². The van der Waals surface area contributed by atoms with Crippen LogP contribution in [0.2, 0.25) is 0 Å². The molecule has 4 rings (SSSR count). The van der Waals surface area contributed by atoms with Crippen molar-refractivity contribution in [3.8, 4) is 5.75 Å². The monoisotopic (exact) mass is 830 g/mol. The Morgan fingerprint density at radius 2 is 1.69 bits per heavy atom. The zero-order valence-corrected chi connectivity index (χ0v) is 35.9. The molecule has 0 aromatic heterocycles. The van der Waals surface area contributed by atoms with Crippen LogP contribution in [0.1, 0.15) is 83.4 Å². The highest BCUT2D eigenvalue weighted by Crippen LogP contribution is 2.53. The van der Waals surface area contributed by atoms with Crippen molar-refractivity contribution >= 4 is 23.8 Å². The lowest BCUT2D eigenvalue weighted by molar-refractivity contribution is -0.777. The van der Waals surface area contributed by atoms with E-state index in [0.29, 0.717) is 33.0 Å². The predicted molar refractivity (Wildman–Crippen MR) is 217 cm³/mol. The minimum absolute atomic E-state index is 0.00571. The third-order valence-electron chi connectivity index (χ3n) is 11.2. The number of benzene rings is 2. The summed E-state index contributed by atoms with van der Waals surface area (Å²) in [4.78, 5) is 60.0. The van der Waals surface area contributed by atoms with Gasteiger partial charge in [0.15, 0.2) is 0 Å². The third kappa shape index (κ3) is 12.0. The van der Waals surface area contributed by atoms with Gasteiger partial charge >= 0.3 is 12.2 Å². The smallest absolute Gasteiger partial charge is 0.418 e. The first kappa shape index (κ1) is 47.0. The number of hydrogen-bond donors (Lipinski definition) is 1. The highest BCUT2D eigenvalue weighted by Gasteiger charge is 2.58. The molecule has 1 fully saturated rings. The van der Waals surface area contributed by atoms with Crippen LogP contribution < -0.4 is 9.64 Å². The van der Waals surface area contributed by atoms with Crippen molar-refractivity contribution in [3.63, 3.8) is 0 Å². The molecule has 0 saturated carbocycles. The van der Waals surface area contributed by atoms with Crippen molar-refractivity contribution in [2.24, 2.45) is 10.8 Å². The molecule has 3 amide bonds. The molecule has 1 N–H and O–H groups in total. The molecule has 17 heteroatoms. The van der Waals surface area contributed by atoms with Crippen LogP contribution in [0.3, 0.4) is 0 Å². The second-order valence-corrected chi connectivity index (χ2v) is 16.8. The van der Waals surface area contributed by atoms with Gasteiger partial charge < -0.3 is 38.4 Å². The maximum atomic E-state index is 14.1. The van der Waals surface area contributed by atoms with E-state index in [0.717, 1.165) is 59.5 Å². The third-order valence-corrected chi connectivity index (χ3v) is 11.2. The fourth-order valence-electron chi connectivity index (χ4n) is 8.14. The summed E-state index contributed by atoms with van der Waals surface area (Å²) in [6.07, 6.45) is -3.31. The Labute approximate surface area is 346 Å². The normalized spacial score (nSPS) is 19.9. The van der Waals surface area contributed by atoms with Gasteiger partial charge in [-0.25, -0.2) is 9.59 Å². The summed E-state index contributed by atoms with van der Waals surface area (Å²) in [5, 5.41) is 20.7. The molecular formula is C42H62N4O13. The van der Waals surface area contributed by atoms with Gasteiger partial charge in [0.05, 0.1) is 56.8 Å².